The lowest BCUT2D eigenvalue weighted by atomic mass is 10.1. The van der Waals surface area contributed by atoms with E-state index in [1.54, 1.807) is 43.0 Å². The molecule has 3 aromatic heterocycles. The van der Waals surface area contributed by atoms with E-state index in [0.29, 0.717) is 22.1 Å². The third-order valence-corrected chi connectivity index (χ3v) is 4.75. The van der Waals surface area contributed by atoms with Gasteiger partial charge in [-0.25, -0.2) is 33.1 Å². The van der Waals surface area contributed by atoms with Gasteiger partial charge in [0, 0.05) is 53.1 Å². The van der Waals surface area contributed by atoms with Gasteiger partial charge in [-0.1, -0.05) is 0 Å². The number of nitrogens with zero attached hydrogens (tertiary/aromatic N) is 5. The molecule has 1 N–H and O–H groups in total. The quantitative estimate of drug-likeness (QED) is 0.416. The van der Waals surface area contributed by atoms with Gasteiger partial charge < -0.3 is 5.32 Å². The highest BCUT2D eigenvalue weighted by Gasteiger charge is 2.16. The van der Waals surface area contributed by atoms with Gasteiger partial charge in [-0.05, 0) is 42.0 Å². The number of halogens is 3. The minimum absolute atomic E-state index is 0.0598. The van der Waals surface area contributed by atoms with Crippen molar-refractivity contribution in [3.05, 3.63) is 91.0 Å². The molecule has 0 fully saturated rings. The Morgan fingerprint density at radius 2 is 1.50 bits per heavy atom. The Bertz CT molecular complexity index is 1430. The molecule has 0 unspecified atom stereocenters. The largest absolute Gasteiger partial charge is 0.340 e. The molecule has 156 valence electrons. The lowest BCUT2D eigenvalue weighted by Crippen LogP contribution is -2.02. The van der Waals surface area contributed by atoms with Crippen molar-refractivity contribution in [3.63, 3.8) is 0 Å². The third-order valence-electron chi connectivity index (χ3n) is 4.75. The molecular formula is C23H13F3N6. The van der Waals surface area contributed by atoms with Crippen molar-refractivity contribution in [2.75, 3.05) is 5.32 Å². The molecule has 0 bridgehead atoms. The maximum atomic E-state index is 15.2. The molecule has 0 amide bonds. The molecule has 0 aliphatic rings. The molecule has 9 heteroatoms. The van der Waals surface area contributed by atoms with E-state index in [0.717, 1.165) is 12.1 Å². The van der Waals surface area contributed by atoms with Gasteiger partial charge in [-0.2, -0.15) is 0 Å². The maximum Gasteiger partial charge on any atom is 0.163 e. The summed E-state index contributed by atoms with van der Waals surface area (Å²) >= 11 is 0. The van der Waals surface area contributed by atoms with Crippen molar-refractivity contribution in [2.24, 2.45) is 0 Å². The summed E-state index contributed by atoms with van der Waals surface area (Å²) in [7, 11) is 0. The van der Waals surface area contributed by atoms with Gasteiger partial charge in [0.25, 0.3) is 0 Å². The first-order chi connectivity index (χ1) is 15.6. The first kappa shape index (κ1) is 19.6. The molecule has 0 aliphatic heterocycles. The molecule has 0 saturated heterocycles. The average Bonchev–Trinajstić information content (AvgIpc) is 2.83. The molecule has 0 radical (unpaired) electrons. The van der Waals surface area contributed by atoms with Crippen LogP contribution in [0.15, 0.2) is 73.6 Å². The molecule has 6 nitrogen and oxygen atoms in total. The summed E-state index contributed by atoms with van der Waals surface area (Å²) in [5, 5.41) is 3.30. The first-order valence-electron chi connectivity index (χ1n) is 9.47. The second kappa shape index (κ2) is 8.03. The number of hydrogen-bond acceptors (Lipinski definition) is 6. The lowest BCUT2D eigenvalue weighted by Gasteiger charge is -2.13. The van der Waals surface area contributed by atoms with Crippen molar-refractivity contribution in [1.82, 2.24) is 24.9 Å². The summed E-state index contributed by atoms with van der Waals surface area (Å²) in [5.41, 5.74) is 1.99. The SMILES string of the molecule is Fc1ccc(Nc2nc(-c3cccnc3)nc3c(F)cc(-c4cncnc4)cc23)cc1F. The van der Waals surface area contributed by atoms with E-state index in [1.807, 2.05) is 0 Å². The molecule has 5 aromatic rings. The first-order valence-corrected chi connectivity index (χ1v) is 9.47. The van der Waals surface area contributed by atoms with E-state index in [2.05, 4.69) is 30.2 Å². The van der Waals surface area contributed by atoms with E-state index in [1.165, 1.54) is 18.5 Å². The van der Waals surface area contributed by atoms with E-state index >= 15 is 4.39 Å². The van der Waals surface area contributed by atoms with Crippen molar-refractivity contribution >= 4 is 22.4 Å². The number of benzene rings is 2. The smallest absolute Gasteiger partial charge is 0.163 e. The average molecular weight is 430 g/mol. The predicted molar refractivity (Wildman–Crippen MR) is 113 cm³/mol. The summed E-state index contributed by atoms with van der Waals surface area (Å²) in [4.78, 5) is 20.9. The lowest BCUT2D eigenvalue weighted by molar-refractivity contribution is 0.509. The minimum Gasteiger partial charge on any atom is -0.340 e. The molecular weight excluding hydrogens is 417 g/mol. The molecule has 5 rings (SSSR count). The zero-order valence-electron chi connectivity index (χ0n) is 16.3. The molecule has 0 spiro atoms. The summed E-state index contributed by atoms with van der Waals surface area (Å²) < 4.78 is 42.3. The summed E-state index contributed by atoms with van der Waals surface area (Å²) in [6.45, 7) is 0. The van der Waals surface area contributed by atoms with Gasteiger partial charge in [0.15, 0.2) is 17.5 Å². The van der Waals surface area contributed by atoms with E-state index in [-0.39, 0.29) is 22.8 Å². The van der Waals surface area contributed by atoms with Crippen molar-refractivity contribution in [3.8, 4) is 22.5 Å². The van der Waals surface area contributed by atoms with Crippen LogP contribution in [0.2, 0.25) is 0 Å². The van der Waals surface area contributed by atoms with Crippen LogP contribution in [0.4, 0.5) is 24.7 Å². The Morgan fingerprint density at radius 3 is 2.25 bits per heavy atom. The molecule has 32 heavy (non-hydrogen) atoms. The number of rotatable bonds is 4. The highest BCUT2D eigenvalue weighted by atomic mass is 19.2. The van der Waals surface area contributed by atoms with E-state index < -0.39 is 17.5 Å². The van der Waals surface area contributed by atoms with Crippen molar-refractivity contribution < 1.29 is 13.2 Å². The van der Waals surface area contributed by atoms with Crippen LogP contribution in [-0.4, -0.2) is 24.9 Å². The Kier molecular flexibility index (Phi) is 4.91. The second-order valence-corrected chi connectivity index (χ2v) is 6.87. The Hall–Kier alpha value is -4.40. The Morgan fingerprint density at radius 1 is 0.688 bits per heavy atom. The number of pyridine rings is 1. The summed E-state index contributed by atoms with van der Waals surface area (Å²) in [6, 6.07) is 9.83. The summed E-state index contributed by atoms with van der Waals surface area (Å²) in [6.07, 6.45) is 7.64. The van der Waals surface area contributed by atoms with Gasteiger partial charge >= 0.3 is 0 Å². The molecule has 0 aliphatic carbocycles. The topological polar surface area (TPSA) is 76.5 Å². The van der Waals surface area contributed by atoms with Crippen LogP contribution in [0.1, 0.15) is 0 Å². The molecule has 0 atom stereocenters. The van der Waals surface area contributed by atoms with Crippen LogP contribution < -0.4 is 5.32 Å². The zero-order valence-corrected chi connectivity index (χ0v) is 16.3. The van der Waals surface area contributed by atoms with Crippen LogP contribution in [0.5, 0.6) is 0 Å². The summed E-state index contributed by atoms with van der Waals surface area (Å²) in [5.74, 6) is -2.13. The number of anilines is 2. The van der Waals surface area contributed by atoms with E-state index in [9.17, 15) is 8.78 Å². The fraction of sp³-hybridized carbons (Fsp3) is 0. The Balaban J connectivity index is 1.73. The van der Waals surface area contributed by atoms with Crippen LogP contribution in [-0.2, 0) is 0 Å². The molecule has 0 saturated carbocycles. The van der Waals surface area contributed by atoms with Crippen LogP contribution in [0.3, 0.4) is 0 Å². The molecule has 2 aromatic carbocycles. The third kappa shape index (κ3) is 3.71. The normalized spacial score (nSPS) is 11.0. The van der Waals surface area contributed by atoms with Crippen LogP contribution in [0.25, 0.3) is 33.4 Å². The fourth-order valence-corrected chi connectivity index (χ4v) is 3.24. The van der Waals surface area contributed by atoms with Gasteiger partial charge in [0.1, 0.15) is 23.5 Å². The monoisotopic (exact) mass is 430 g/mol. The zero-order chi connectivity index (χ0) is 22.1. The number of hydrogen-bond donors (Lipinski definition) is 1. The number of aromatic nitrogens is 5. The number of fused-ring (bicyclic) bond motifs is 1. The van der Waals surface area contributed by atoms with Crippen molar-refractivity contribution in [1.29, 1.82) is 0 Å². The van der Waals surface area contributed by atoms with Crippen LogP contribution in [0, 0.1) is 17.5 Å². The highest BCUT2D eigenvalue weighted by molar-refractivity contribution is 5.95. The Labute approximate surface area is 179 Å². The maximum absolute atomic E-state index is 15.2. The predicted octanol–water partition coefficient (Wildman–Crippen LogP) is 5.31. The van der Waals surface area contributed by atoms with Gasteiger partial charge in [-0.3, -0.25) is 4.98 Å². The van der Waals surface area contributed by atoms with Crippen LogP contribution >= 0.6 is 0 Å². The van der Waals surface area contributed by atoms with Gasteiger partial charge in [0.2, 0.25) is 0 Å². The fourth-order valence-electron chi connectivity index (χ4n) is 3.24. The standard InChI is InChI=1S/C23H13F3N6/c24-18-4-3-16(8-19(18)25)30-23-17-6-14(15-10-28-12-29-11-15)7-20(26)21(17)31-22(32-23)13-2-1-5-27-9-13/h1-12H,(H,30,31,32). The van der Waals surface area contributed by atoms with Crippen molar-refractivity contribution in [2.45, 2.75) is 0 Å². The van der Waals surface area contributed by atoms with Gasteiger partial charge in [-0.15, -0.1) is 0 Å². The highest BCUT2D eigenvalue weighted by Crippen LogP contribution is 2.32. The minimum atomic E-state index is -1.02. The number of nitrogens with one attached hydrogen (secondary N) is 1. The second-order valence-electron chi connectivity index (χ2n) is 6.87. The van der Waals surface area contributed by atoms with E-state index in [4.69, 9.17) is 0 Å². The van der Waals surface area contributed by atoms with Gasteiger partial charge in [0.05, 0.1) is 0 Å². The molecule has 3 heterocycles.